The van der Waals surface area contributed by atoms with Crippen LogP contribution in [0, 0.1) is 0 Å². The zero-order valence-corrected chi connectivity index (χ0v) is 12.3. The number of rotatable bonds is 5. The Morgan fingerprint density at radius 2 is 1.95 bits per heavy atom. The number of methoxy groups -OCH3 is 1. The van der Waals surface area contributed by atoms with Gasteiger partial charge in [-0.3, -0.25) is 0 Å². The molecule has 2 aromatic heterocycles. The summed E-state index contributed by atoms with van der Waals surface area (Å²) in [5, 5.41) is 1.10. The van der Waals surface area contributed by atoms with Crippen molar-refractivity contribution in [2.45, 2.75) is 38.9 Å². The number of aromatic amines is 1. The summed E-state index contributed by atoms with van der Waals surface area (Å²) >= 11 is 0. The summed E-state index contributed by atoms with van der Waals surface area (Å²) in [5.41, 5.74) is 1.24. The Bertz CT molecular complexity index is 563. The van der Waals surface area contributed by atoms with Gasteiger partial charge in [-0.05, 0) is 39.2 Å². The molecule has 0 spiro atoms. The monoisotopic (exact) mass is 260 g/mol. The predicted molar refractivity (Wildman–Crippen MR) is 79.1 cm³/mol. The van der Waals surface area contributed by atoms with Crippen LogP contribution >= 0.6 is 0 Å². The van der Waals surface area contributed by atoms with E-state index in [2.05, 4.69) is 16.0 Å². The van der Waals surface area contributed by atoms with Crippen LogP contribution in [0.4, 0.5) is 0 Å². The molecule has 2 aromatic rings. The molecule has 19 heavy (non-hydrogen) atoms. The summed E-state index contributed by atoms with van der Waals surface area (Å²) in [6.45, 7) is 8.14. The lowest BCUT2D eigenvalue weighted by Gasteiger charge is -2.40. The van der Waals surface area contributed by atoms with E-state index in [0.29, 0.717) is 7.48 Å². The molecule has 4 nitrogen and oxygen atoms in total. The molecule has 0 aliphatic rings. The molecular formula is C14H21BN2O2. The second kappa shape index (κ2) is 4.98. The summed E-state index contributed by atoms with van der Waals surface area (Å²) in [5.74, 6) is 0. The van der Waals surface area contributed by atoms with Gasteiger partial charge in [-0.2, -0.15) is 0 Å². The third-order valence-electron chi connectivity index (χ3n) is 4.02. The number of hydrogen-bond acceptors (Lipinski definition) is 3. The minimum atomic E-state index is -0.380. The topological polar surface area (TPSA) is 47.1 Å². The van der Waals surface area contributed by atoms with Gasteiger partial charge in [0.1, 0.15) is 5.65 Å². The minimum Gasteiger partial charge on any atom is -0.427 e. The smallest absolute Gasteiger partial charge is 0.311 e. The predicted octanol–water partition coefficient (Wildman–Crippen LogP) is 1.76. The zero-order valence-electron chi connectivity index (χ0n) is 12.3. The molecule has 0 atom stereocenters. The molecule has 0 radical (unpaired) electrons. The third-order valence-corrected chi connectivity index (χ3v) is 4.02. The Morgan fingerprint density at radius 3 is 2.63 bits per heavy atom. The Morgan fingerprint density at radius 1 is 1.21 bits per heavy atom. The number of nitrogens with one attached hydrogen (secondary N) is 1. The molecule has 1 N–H and O–H groups in total. The Labute approximate surface area is 114 Å². The van der Waals surface area contributed by atoms with Gasteiger partial charge in [0.2, 0.25) is 0 Å². The van der Waals surface area contributed by atoms with Crippen LogP contribution in [-0.2, 0) is 9.39 Å². The number of nitrogens with zero attached hydrogens (tertiary/aromatic N) is 1. The quantitative estimate of drug-likeness (QED) is 0.833. The van der Waals surface area contributed by atoms with Gasteiger partial charge in [-0.25, -0.2) is 4.98 Å². The van der Waals surface area contributed by atoms with Crippen molar-refractivity contribution < 1.29 is 9.39 Å². The zero-order chi connectivity index (χ0) is 14.1. The van der Waals surface area contributed by atoms with Gasteiger partial charge in [-0.15, -0.1) is 0 Å². The van der Waals surface area contributed by atoms with Crippen LogP contribution in [-0.4, -0.2) is 35.8 Å². The first-order chi connectivity index (χ1) is 8.86. The van der Waals surface area contributed by atoms with Gasteiger partial charge in [0, 0.05) is 24.9 Å². The van der Waals surface area contributed by atoms with Crippen LogP contribution in [0.1, 0.15) is 27.7 Å². The average Bonchev–Trinajstić information content (AvgIpc) is 2.83. The highest BCUT2D eigenvalue weighted by Crippen LogP contribution is 2.27. The lowest BCUT2D eigenvalue weighted by Crippen LogP contribution is -2.50. The fraction of sp³-hybridized carbons (Fsp3) is 0.500. The highest BCUT2D eigenvalue weighted by Gasteiger charge is 2.37. The van der Waals surface area contributed by atoms with E-state index in [0.717, 1.165) is 16.5 Å². The fourth-order valence-electron chi connectivity index (χ4n) is 1.75. The molecule has 0 amide bonds. The van der Waals surface area contributed by atoms with Crippen LogP contribution in [0.25, 0.3) is 11.0 Å². The van der Waals surface area contributed by atoms with Gasteiger partial charge in [0.05, 0.1) is 11.2 Å². The van der Waals surface area contributed by atoms with E-state index in [-0.39, 0.29) is 11.2 Å². The molecule has 2 rings (SSSR count). The second-order valence-electron chi connectivity index (χ2n) is 5.77. The molecule has 0 aromatic carbocycles. The van der Waals surface area contributed by atoms with Gasteiger partial charge in [0.15, 0.2) is 0 Å². The molecule has 0 fully saturated rings. The Kier molecular flexibility index (Phi) is 3.70. The van der Waals surface area contributed by atoms with E-state index in [1.807, 2.05) is 46.2 Å². The average molecular weight is 260 g/mol. The van der Waals surface area contributed by atoms with Gasteiger partial charge < -0.3 is 14.4 Å². The standard InChI is InChI=1S/C14H21BN2O2/c1-13(2,18-5)14(3,4)19-15-11-8-10-6-7-16-12(10)17-9-11/h6-9,15H,1-5H3,(H,16,17). The van der Waals surface area contributed by atoms with Crippen LogP contribution in [0.5, 0.6) is 0 Å². The number of aromatic nitrogens is 2. The van der Waals surface area contributed by atoms with E-state index in [9.17, 15) is 0 Å². The Balaban J connectivity index is 2.09. The van der Waals surface area contributed by atoms with Gasteiger partial charge in [-0.1, -0.05) is 6.07 Å². The molecule has 2 heterocycles. The summed E-state index contributed by atoms with van der Waals surface area (Å²) in [7, 11) is 2.23. The Hall–Kier alpha value is -1.33. The molecule has 0 aliphatic carbocycles. The molecule has 0 bridgehead atoms. The summed E-state index contributed by atoms with van der Waals surface area (Å²) in [6.07, 6.45) is 3.73. The van der Waals surface area contributed by atoms with Crippen molar-refractivity contribution in [3.8, 4) is 0 Å². The first kappa shape index (κ1) is 14.1. The van der Waals surface area contributed by atoms with Crippen LogP contribution in [0.15, 0.2) is 24.5 Å². The van der Waals surface area contributed by atoms with Crippen molar-refractivity contribution in [2.75, 3.05) is 7.11 Å². The van der Waals surface area contributed by atoms with Crippen molar-refractivity contribution in [3.05, 3.63) is 24.5 Å². The van der Waals surface area contributed by atoms with Gasteiger partial charge in [0.25, 0.3) is 0 Å². The van der Waals surface area contributed by atoms with Gasteiger partial charge >= 0.3 is 7.48 Å². The number of H-pyrrole nitrogens is 1. The van der Waals surface area contributed by atoms with Crippen molar-refractivity contribution >= 4 is 24.0 Å². The first-order valence-electron chi connectivity index (χ1n) is 6.47. The van der Waals surface area contributed by atoms with Crippen molar-refractivity contribution in [1.82, 2.24) is 9.97 Å². The molecule has 102 valence electrons. The maximum Gasteiger partial charge on any atom is 0.311 e. The third kappa shape index (κ3) is 2.82. The van der Waals surface area contributed by atoms with E-state index in [1.54, 1.807) is 7.11 Å². The number of fused-ring (bicyclic) bond motifs is 1. The molecule has 0 aliphatic heterocycles. The molecule has 0 saturated carbocycles. The van der Waals surface area contributed by atoms with Crippen molar-refractivity contribution in [3.63, 3.8) is 0 Å². The first-order valence-corrected chi connectivity index (χ1v) is 6.47. The molecular weight excluding hydrogens is 239 g/mol. The lowest BCUT2D eigenvalue weighted by atomic mass is 9.83. The summed E-state index contributed by atoms with van der Waals surface area (Å²) < 4.78 is 11.5. The van der Waals surface area contributed by atoms with Crippen LogP contribution in [0.3, 0.4) is 0 Å². The second-order valence-corrected chi connectivity index (χ2v) is 5.77. The van der Waals surface area contributed by atoms with E-state index in [1.165, 1.54) is 0 Å². The number of hydrogen-bond donors (Lipinski definition) is 1. The highest BCUT2D eigenvalue weighted by atomic mass is 16.5. The normalized spacial score (nSPS) is 12.9. The van der Waals surface area contributed by atoms with E-state index in [4.69, 9.17) is 9.39 Å². The molecule has 0 saturated heterocycles. The maximum absolute atomic E-state index is 6.02. The largest absolute Gasteiger partial charge is 0.427 e. The van der Waals surface area contributed by atoms with Crippen LogP contribution in [0.2, 0.25) is 0 Å². The maximum atomic E-state index is 6.02. The SMILES string of the molecule is COC(C)(C)C(C)(C)OBc1cnc2[nH]ccc2c1. The summed E-state index contributed by atoms with van der Waals surface area (Å²) in [6, 6.07) is 4.10. The van der Waals surface area contributed by atoms with E-state index < -0.39 is 0 Å². The van der Waals surface area contributed by atoms with Crippen molar-refractivity contribution in [1.29, 1.82) is 0 Å². The lowest BCUT2D eigenvalue weighted by molar-refractivity contribution is -0.114. The van der Waals surface area contributed by atoms with Crippen molar-refractivity contribution in [2.24, 2.45) is 0 Å². The number of ether oxygens (including phenoxy) is 1. The minimum absolute atomic E-state index is 0.349. The molecule has 0 unspecified atom stereocenters. The summed E-state index contributed by atoms with van der Waals surface area (Å²) in [4.78, 5) is 7.44. The molecule has 5 heteroatoms. The highest BCUT2D eigenvalue weighted by molar-refractivity contribution is 6.47. The fourth-order valence-corrected chi connectivity index (χ4v) is 1.75. The number of pyridine rings is 1. The van der Waals surface area contributed by atoms with E-state index >= 15 is 0 Å². The van der Waals surface area contributed by atoms with Crippen LogP contribution < -0.4 is 5.46 Å².